The summed E-state index contributed by atoms with van der Waals surface area (Å²) in [4.78, 5) is 34.1. The molecule has 0 aromatic carbocycles. The molecule has 2 fully saturated rings. The summed E-state index contributed by atoms with van der Waals surface area (Å²) in [5.41, 5.74) is 0.719. The molecule has 0 saturated carbocycles. The molecular weight excluding hydrogens is 384 g/mol. The number of hydrogen-bond donors (Lipinski definition) is 0. The minimum absolute atomic E-state index is 0.0416. The van der Waals surface area contributed by atoms with Gasteiger partial charge >= 0.3 is 0 Å². The van der Waals surface area contributed by atoms with E-state index < -0.39 is 0 Å². The molecule has 4 heterocycles. The molecule has 0 unspecified atom stereocenters. The van der Waals surface area contributed by atoms with Crippen LogP contribution in [0.1, 0.15) is 37.8 Å². The Morgan fingerprint density at radius 3 is 2.59 bits per heavy atom. The second-order valence-corrected chi connectivity index (χ2v) is 8.39. The monoisotopic (exact) mass is 406 g/mol. The molecule has 0 radical (unpaired) electrons. The number of hydrogen-bond acceptors (Lipinski definition) is 4. The first-order valence-electron chi connectivity index (χ1n) is 9.50. The van der Waals surface area contributed by atoms with Gasteiger partial charge in [0.15, 0.2) is 10.1 Å². The van der Waals surface area contributed by atoms with Gasteiger partial charge in [0.05, 0.1) is 5.69 Å². The third-order valence-electron chi connectivity index (χ3n) is 5.46. The fourth-order valence-electron chi connectivity index (χ4n) is 3.90. The Kier molecular flexibility index (Phi) is 5.50. The van der Waals surface area contributed by atoms with Crippen molar-refractivity contribution in [2.24, 2.45) is 5.92 Å². The zero-order chi connectivity index (χ0) is 18.8. The van der Waals surface area contributed by atoms with Crippen LogP contribution in [0, 0.1) is 5.92 Å². The first-order valence-corrected chi connectivity index (χ1v) is 10.8. The molecule has 0 atom stereocenters. The van der Waals surface area contributed by atoms with Gasteiger partial charge in [0, 0.05) is 49.7 Å². The van der Waals surface area contributed by atoms with E-state index in [1.807, 2.05) is 25.8 Å². The maximum atomic E-state index is 12.6. The summed E-state index contributed by atoms with van der Waals surface area (Å²) in [5.74, 6) is 0.300. The second-order valence-electron chi connectivity index (χ2n) is 7.16. The van der Waals surface area contributed by atoms with Gasteiger partial charge in [0.25, 0.3) is 0 Å². The van der Waals surface area contributed by atoms with E-state index in [1.165, 1.54) is 17.8 Å². The Hall–Kier alpha value is -1.86. The molecular formula is C19H23ClN4O2S. The van der Waals surface area contributed by atoms with Gasteiger partial charge < -0.3 is 9.80 Å². The molecule has 0 bridgehead atoms. The van der Waals surface area contributed by atoms with Crippen molar-refractivity contribution in [2.75, 3.05) is 26.2 Å². The van der Waals surface area contributed by atoms with E-state index in [-0.39, 0.29) is 17.7 Å². The molecule has 144 valence electrons. The van der Waals surface area contributed by atoms with E-state index in [4.69, 9.17) is 11.6 Å². The highest BCUT2D eigenvalue weighted by atomic mass is 35.5. The fourth-order valence-corrected chi connectivity index (χ4v) is 4.91. The Morgan fingerprint density at radius 1 is 1.11 bits per heavy atom. The summed E-state index contributed by atoms with van der Waals surface area (Å²) in [5, 5.41) is 2.33. The van der Waals surface area contributed by atoms with Crippen molar-refractivity contribution in [3.8, 4) is 0 Å². The Labute approximate surface area is 167 Å². The summed E-state index contributed by atoms with van der Waals surface area (Å²) in [6.07, 6.45) is 10.1. The molecule has 0 N–H and O–H groups in total. The summed E-state index contributed by atoms with van der Waals surface area (Å²) >= 11 is 7.66. The summed E-state index contributed by atoms with van der Waals surface area (Å²) in [6.45, 7) is 3.04. The van der Waals surface area contributed by atoms with Crippen LogP contribution in [0.3, 0.4) is 0 Å². The van der Waals surface area contributed by atoms with Gasteiger partial charge in [-0.3, -0.25) is 14.0 Å². The maximum absolute atomic E-state index is 12.6. The number of amides is 2. The Bertz CT molecular complexity index is 860. The van der Waals surface area contributed by atoms with Gasteiger partial charge in [-0.05, 0) is 38.2 Å². The number of halogens is 1. The smallest absolute Gasteiger partial charge is 0.246 e. The van der Waals surface area contributed by atoms with Crippen molar-refractivity contribution >= 4 is 45.8 Å². The molecule has 2 aliphatic heterocycles. The van der Waals surface area contributed by atoms with E-state index in [1.54, 1.807) is 12.2 Å². The van der Waals surface area contributed by atoms with Gasteiger partial charge in [-0.1, -0.05) is 11.6 Å². The van der Waals surface area contributed by atoms with Crippen molar-refractivity contribution < 1.29 is 9.59 Å². The van der Waals surface area contributed by atoms with E-state index in [0.717, 1.165) is 49.4 Å². The number of aromatic nitrogens is 2. The Balaban J connectivity index is 1.34. The van der Waals surface area contributed by atoms with Gasteiger partial charge in [-0.2, -0.15) is 0 Å². The van der Waals surface area contributed by atoms with Crippen LogP contribution in [0.5, 0.6) is 0 Å². The van der Waals surface area contributed by atoms with Crippen LogP contribution in [0.4, 0.5) is 0 Å². The zero-order valence-electron chi connectivity index (χ0n) is 15.1. The van der Waals surface area contributed by atoms with Crippen molar-refractivity contribution in [3.63, 3.8) is 0 Å². The van der Waals surface area contributed by atoms with Crippen molar-refractivity contribution in [2.45, 2.75) is 32.1 Å². The van der Waals surface area contributed by atoms with Crippen LogP contribution < -0.4 is 0 Å². The number of rotatable bonds is 3. The quantitative estimate of drug-likeness (QED) is 0.735. The maximum Gasteiger partial charge on any atom is 0.246 e. The number of nitrogens with zero attached hydrogens (tertiary/aromatic N) is 4. The summed E-state index contributed by atoms with van der Waals surface area (Å²) < 4.78 is 1.88. The van der Waals surface area contributed by atoms with Crippen LogP contribution in [-0.2, 0) is 9.59 Å². The molecule has 2 saturated heterocycles. The van der Waals surface area contributed by atoms with Crippen LogP contribution in [0.2, 0.25) is 5.15 Å². The Morgan fingerprint density at radius 2 is 1.85 bits per heavy atom. The molecule has 4 rings (SSSR count). The fraction of sp³-hybridized carbons (Fsp3) is 0.526. The number of carbonyl (C=O) groups excluding carboxylic acids is 2. The summed E-state index contributed by atoms with van der Waals surface area (Å²) in [6, 6.07) is 0. The van der Waals surface area contributed by atoms with Gasteiger partial charge in [0.2, 0.25) is 11.8 Å². The van der Waals surface area contributed by atoms with Crippen LogP contribution >= 0.6 is 22.9 Å². The van der Waals surface area contributed by atoms with Gasteiger partial charge in [-0.25, -0.2) is 4.98 Å². The molecule has 27 heavy (non-hydrogen) atoms. The lowest BCUT2D eigenvalue weighted by Crippen LogP contribution is -2.45. The molecule has 2 amide bonds. The lowest BCUT2D eigenvalue weighted by molar-refractivity contribution is -0.140. The van der Waals surface area contributed by atoms with Crippen LogP contribution in [0.25, 0.3) is 11.0 Å². The van der Waals surface area contributed by atoms with E-state index in [0.29, 0.717) is 18.2 Å². The SMILES string of the molecule is O=C(/C=C/c1c(Cl)nc2sccn12)N1CCC(C(=O)N2CCCCC2)CC1. The molecule has 6 nitrogen and oxygen atoms in total. The van der Waals surface area contributed by atoms with Crippen molar-refractivity contribution in [1.82, 2.24) is 19.2 Å². The first-order chi connectivity index (χ1) is 13.1. The number of imidazole rings is 1. The lowest BCUT2D eigenvalue weighted by atomic mass is 9.94. The second kappa shape index (κ2) is 8.02. The molecule has 2 aromatic heterocycles. The lowest BCUT2D eigenvalue weighted by Gasteiger charge is -2.35. The van der Waals surface area contributed by atoms with E-state index >= 15 is 0 Å². The average Bonchev–Trinajstić information content (AvgIpc) is 3.27. The standard InChI is InChI=1S/C19H23ClN4O2S/c20-17-15(24-12-13-27-19(24)21-17)4-5-16(25)22-10-6-14(7-11-22)18(26)23-8-2-1-3-9-23/h4-5,12-14H,1-3,6-11H2/b5-4+. The predicted molar refractivity (Wildman–Crippen MR) is 107 cm³/mol. The minimum atomic E-state index is -0.0416. The van der Waals surface area contributed by atoms with Gasteiger partial charge in [0.1, 0.15) is 0 Å². The minimum Gasteiger partial charge on any atom is -0.342 e. The molecule has 0 aliphatic carbocycles. The first kappa shape index (κ1) is 18.5. The van der Waals surface area contributed by atoms with E-state index in [9.17, 15) is 9.59 Å². The number of thiazole rings is 1. The predicted octanol–water partition coefficient (Wildman–Crippen LogP) is 3.31. The van der Waals surface area contributed by atoms with Crippen molar-refractivity contribution in [1.29, 1.82) is 0 Å². The highest BCUT2D eigenvalue weighted by molar-refractivity contribution is 7.15. The van der Waals surface area contributed by atoms with E-state index in [2.05, 4.69) is 4.98 Å². The van der Waals surface area contributed by atoms with Crippen molar-refractivity contribution in [3.05, 3.63) is 28.5 Å². The largest absolute Gasteiger partial charge is 0.342 e. The molecule has 2 aliphatic rings. The molecule has 2 aromatic rings. The number of piperidine rings is 2. The number of likely N-dealkylation sites (tertiary alicyclic amines) is 2. The van der Waals surface area contributed by atoms with Gasteiger partial charge in [-0.15, -0.1) is 11.3 Å². The number of carbonyl (C=O) groups is 2. The van der Waals surface area contributed by atoms with Crippen LogP contribution in [-0.4, -0.2) is 57.2 Å². The summed E-state index contributed by atoms with van der Waals surface area (Å²) in [7, 11) is 0. The normalized spacial score (nSPS) is 19.3. The average molecular weight is 407 g/mol. The molecule has 0 spiro atoms. The third kappa shape index (κ3) is 3.89. The molecule has 8 heteroatoms. The topological polar surface area (TPSA) is 57.9 Å². The third-order valence-corrected chi connectivity index (χ3v) is 6.50. The highest BCUT2D eigenvalue weighted by Gasteiger charge is 2.30. The zero-order valence-corrected chi connectivity index (χ0v) is 16.7. The van der Waals surface area contributed by atoms with Crippen LogP contribution in [0.15, 0.2) is 17.7 Å². The number of fused-ring (bicyclic) bond motifs is 1. The highest BCUT2D eigenvalue weighted by Crippen LogP contribution is 2.24.